The van der Waals surface area contributed by atoms with Gasteiger partial charge in [-0.05, 0) is 48.8 Å². The van der Waals surface area contributed by atoms with E-state index in [1.165, 1.54) is 59.5 Å². The van der Waals surface area contributed by atoms with Crippen LogP contribution in [0.4, 0.5) is 0 Å². The molecule has 0 unspecified atom stereocenters. The Morgan fingerprint density at radius 2 is 2.15 bits per heavy atom. The molecule has 3 rings (SSSR count). The van der Waals surface area contributed by atoms with Crippen LogP contribution < -0.4 is 5.32 Å². The summed E-state index contributed by atoms with van der Waals surface area (Å²) in [6.45, 7) is 4.55. The van der Waals surface area contributed by atoms with Crippen molar-refractivity contribution in [1.29, 1.82) is 0 Å². The van der Waals surface area contributed by atoms with Gasteiger partial charge in [0, 0.05) is 35.9 Å². The highest BCUT2D eigenvalue weighted by Gasteiger charge is 2.20. The first-order valence-corrected chi connectivity index (χ1v) is 9.57. The molecule has 0 radical (unpaired) electrons. The van der Waals surface area contributed by atoms with Crippen LogP contribution >= 0.6 is 27.7 Å². The Bertz CT molecular complexity index is 440. The number of nitrogens with zero attached hydrogens (tertiary/aromatic N) is 1. The molecule has 2 fully saturated rings. The van der Waals surface area contributed by atoms with Crippen LogP contribution in [0.15, 0.2) is 22.7 Å². The van der Waals surface area contributed by atoms with Gasteiger partial charge in [0.2, 0.25) is 0 Å². The number of hydrogen-bond acceptors (Lipinski definition) is 3. The third-order valence-corrected chi connectivity index (χ3v) is 5.79. The van der Waals surface area contributed by atoms with Gasteiger partial charge in [0.25, 0.3) is 0 Å². The minimum absolute atomic E-state index is 0.781. The van der Waals surface area contributed by atoms with E-state index in [9.17, 15) is 0 Å². The van der Waals surface area contributed by atoms with Gasteiger partial charge in [0.1, 0.15) is 0 Å². The molecule has 1 N–H and O–H groups in total. The molecule has 2 aliphatic rings. The summed E-state index contributed by atoms with van der Waals surface area (Å²) in [6, 6.07) is 7.65. The third kappa shape index (κ3) is 4.48. The van der Waals surface area contributed by atoms with Gasteiger partial charge in [-0.3, -0.25) is 4.90 Å². The quantitative estimate of drug-likeness (QED) is 0.868. The van der Waals surface area contributed by atoms with E-state index in [-0.39, 0.29) is 0 Å². The first-order valence-electron chi connectivity index (χ1n) is 7.62. The van der Waals surface area contributed by atoms with E-state index in [4.69, 9.17) is 0 Å². The van der Waals surface area contributed by atoms with E-state index in [0.29, 0.717) is 0 Å². The smallest absolute Gasteiger partial charge is 0.0245 e. The van der Waals surface area contributed by atoms with Gasteiger partial charge in [-0.2, -0.15) is 11.8 Å². The number of halogens is 1. The van der Waals surface area contributed by atoms with Crippen molar-refractivity contribution in [2.45, 2.75) is 38.4 Å². The second kappa shape index (κ2) is 7.30. The molecule has 2 nitrogen and oxygen atoms in total. The van der Waals surface area contributed by atoms with Crippen LogP contribution in [0, 0.1) is 0 Å². The fourth-order valence-electron chi connectivity index (χ4n) is 2.58. The van der Waals surface area contributed by atoms with Crippen molar-refractivity contribution in [2.24, 2.45) is 0 Å². The molecule has 0 aromatic heterocycles. The fraction of sp³-hybridized carbons (Fsp3) is 0.625. The molecule has 1 aliphatic heterocycles. The van der Waals surface area contributed by atoms with Gasteiger partial charge in [-0.1, -0.05) is 28.1 Å². The Labute approximate surface area is 134 Å². The lowest BCUT2D eigenvalue weighted by Crippen LogP contribution is -2.25. The normalized spacial score (nSPS) is 20.9. The van der Waals surface area contributed by atoms with Gasteiger partial charge in [0.05, 0.1) is 0 Å². The highest BCUT2D eigenvalue weighted by molar-refractivity contribution is 9.10. The van der Waals surface area contributed by atoms with E-state index in [1.807, 2.05) is 0 Å². The molecule has 1 aliphatic carbocycles. The molecule has 1 heterocycles. The van der Waals surface area contributed by atoms with Gasteiger partial charge >= 0.3 is 0 Å². The zero-order valence-corrected chi connectivity index (χ0v) is 14.3. The first-order chi connectivity index (χ1) is 9.81. The molecule has 1 saturated carbocycles. The average molecular weight is 355 g/mol. The highest BCUT2D eigenvalue weighted by Crippen LogP contribution is 2.23. The average Bonchev–Trinajstić information content (AvgIpc) is 3.26. The van der Waals surface area contributed by atoms with Crippen LogP contribution in [0.1, 0.15) is 30.4 Å². The molecule has 1 saturated heterocycles. The van der Waals surface area contributed by atoms with Crippen LogP contribution in [-0.2, 0) is 13.1 Å². The summed E-state index contributed by atoms with van der Waals surface area (Å²) in [6.07, 6.45) is 4.03. The van der Waals surface area contributed by atoms with Crippen molar-refractivity contribution in [3.05, 3.63) is 33.8 Å². The molecule has 0 bridgehead atoms. The van der Waals surface area contributed by atoms with Gasteiger partial charge in [-0.25, -0.2) is 0 Å². The molecular weight excluding hydrogens is 332 g/mol. The van der Waals surface area contributed by atoms with Crippen molar-refractivity contribution in [3.8, 4) is 0 Å². The van der Waals surface area contributed by atoms with E-state index in [0.717, 1.165) is 19.1 Å². The SMILES string of the molecule is Brc1cc(CNC2CC2)ccc1CN1CCCSCC1. The minimum Gasteiger partial charge on any atom is -0.310 e. The van der Waals surface area contributed by atoms with Crippen LogP contribution in [0.3, 0.4) is 0 Å². The number of thioether (sulfide) groups is 1. The Kier molecular flexibility index (Phi) is 5.43. The third-order valence-electron chi connectivity index (χ3n) is 4.00. The van der Waals surface area contributed by atoms with Crippen LogP contribution in [-0.4, -0.2) is 35.5 Å². The summed E-state index contributed by atoms with van der Waals surface area (Å²) in [5.41, 5.74) is 2.81. The maximum absolute atomic E-state index is 3.76. The number of rotatable bonds is 5. The fourth-order valence-corrected chi connectivity index (χ4v) is 4.05. The van der Waals surface area contributed by atoms with Crippen molar-refractivity contribution in [1.82, 2.24) is 10.2 Å². The molecule has 1 aromatic rings. The zero-order chi connectivity index (χ0) is 13.8. The maximum Gasteiger partial charge on any atom is 0.0245 e. The van der Waals surface area contributed by atoms with E-state index >= 15 is 0 Å². The molecule has 20 heavy (non-hydrogen) atoms. The lowest BCUT2D eigenvalue weighted by atomic mass is 10.1. The lowest BCUT2D eigenvalue weighted by Gasteiger charge is -2.20. The number of hydrogen-bond donors (Lipinski definition) is 1. The Morgan fingerprint density at radius 3 is 2.95 bits per heavy atom. The zero-order valence-electron chi connectivity index (χ0n) is 11.9. The Balaban J connectivity index is 1.57. The first kappa shape index (κ1) is 14.9. The predicted octanol–water partition coefficient (Wildman–Crippen LogP) is 3.64. The van der Waals surface area contributed by atoms with Crippen molar-refractivity contribution < 1.29 is 0 Å². The van der Waals surface area contributed by atoms with Crippen LogP contribution in [0.25, 0.3) is 0 Å². The van der Waals surface area contributed by atoms with E-state index in [2.05, 4.69) is 56.1 Å². The summed E-state index contributed by atoms with van der Waals surface area (Å²) < 4.78 is 1.27. The van der Waals surface area contributed by atoms with Crippen molar-refractivity contribution >= 4 is 27.7 Å². The molecule has 0 amide bonds. The summed E-state index contributed by atoms with van der Waals surface area (Å²) in [5.74, 6) is 2.60. The van der Waals surface area contributed by atoms with E-state index < -0.39 is 0 Å². The molecule has 0 spiro atoms. The van der Waals surface area contributed by atoms with Crippen molar-refractivity contribution in [2.75, 3.05) is 24.6 Å². The van der Waals surface area contributed by atoms with E-state index in [1.54, 1.807) is 0 Å². The summed E-state index contributed by atoms with van der Waals surface area (Å²) in [4.78, 5) is 2.59. The maximum atomic E-state index is 3.76. The summed E-state index contributed by atoms with van der Waals surface area (Å²) in [5, 5.41) is 3.58. The summed E-state index contributed by atoms with van der Waals surface area (Å²) in [7, 11) is 0. The minimum atomic E-state index is 0.781. The Morgan fingerprint density at radius 1 is 1.25 bits per heavy atom. The van der Waals surface area contributed by atoms with Gasteiger partial charge < -0.3 is 5.32 Å². The molecule has 4 heteroatoms. The number of benzene rings is 1. The van der Waals surface area contributed by atoms with Crippen LogP contribution in [0.5, 0.6) is 0 Å². The monoisotopic (exact) mass is 354 g/mol. The summed E-state index contributed by atoms with van der Waals surface area (Å²) >= 11 is 5.85. The molecular formula is C16H23BrN2S. The standard InChI is InChI=1S/C16H23BrN2S/c17-16-10-13(11-18-15-4-5-15)2-3-14(16)12-19-6-1-8-20-9-7-19/h2-3,10,15,18H,1,4-9,11-12H2. The van der Waals surface area contributed by atoms with Gasteiger partial charge in [-0.15, -0.1) is 0 Å². The lowest BCUT2D eigenvalue weighted by molar-refractivity contribution is 0.287. The van der Waals surface area contributed by atoms with Crippen LogP contribution in [0.2, 0.25) is 0 Å². The largest absolute Gasteiger partial charge is 0.310 e. The number of nitrogens with one attached hydrogen (secondary N) is 1. The molecule has 110 valence electrons. The van der Waals surface area contributed by atoms with Gasteiger partial charge in [0.15, 0.2) is 0 Å². The predicted molar refractivity (Wildman–Crippen MR) is 91.2 cm³/mol. The Hall–Kier alpha value is -0.0300. The second-order valence-corrected chi connectivity index (χ2v) is 7.90. The van der Waals surface area contributed by atoms with Crippen molar-refractivity contribution in [3.63, 3.8) is 0 Å². The molecule has 0 atom stereocenters. The second-order valence-electron chi connectivity index (χ2n) is 5.82. The highest BCUT2D eigenvalue weighted by atomic mass is 79.9. The topological polar surface area (TPSA) is 15.3 Å². The molecule has 1 aromatic carbocycles.